The minimum Gasteiger partial charge on any atom is -0.327 e. The number of aromatic nitrogens is 3. The molecule has 3 heterocycles. The van der Waals surface area contributed by atoms with Crippen molar-refractivity contribution in [3.05, 3.63) is 37.1 Å². The Labute approximate surface area is 107 Å². The lowest BCUT2D eigenvalue weighted by Gasteiger charge is -2.30. The fraction of sp³-hybridized carbons (Fsp3) is 0.429. The van der Waals surface area contributed by atoms with Gasteiger partial charge in [0.1, 0.15) is 0 Å². The van der Waals surface area contributed by atoms with Crippen LogP contribution in [0.25, 0.3) is 11.3 Å². The number of piperidine rings is 1. The highest BCUT2D eigenvalue weighted by atomic mass is 15.1. The summed E-state index contributed by atoms with van der Waals surface area (Å²) in [5, 5.41) is 3.49. The van der Waals surface area contributed by atoms with Gasteiger partial charge in [-0.05, 0) is 38.4 Å². The fourth-order valence-electron chi connectivity index (χ4n) is 2.70. The van der Waals surface area contributed by atoms with Crippen LogP contribution in [0.2, 0.25) is 0 Å². The van der Waals surface area contributed by atoms with Crippen LogP contribution in [0.1, 0.15) is 25.8 Å². The van der Waals surface area contributed by atoms with Crippen LogP contribution in [0, 0.1) is 0 Å². The van der Waals surface area contributed by atoms with E-state index in [-0.39, 0.29) is 0 Å². The summed E-state index contributed by atoms with van der Waals surface area (Å²) < 4.78 is 2.31. The Morgan fingerprint density at radius 1 is 1.28 bits per heavy atom. The predicted molar refractivity (Wildman–Crippen MR) is 71.2 cm³/mol. The lowest BCUT2D eigenvalue weighted by atomic mass is 10.00. The molecule has 0 bridgehead atoms. The zero-order valence-corrected chi connectivity index (χ0v) is 10.6. The number of hydrogen-bond donors (Lipinski definition) is 1. The van der Waals surface area contributed by atoms with Gasteiger partial charge in [-0.2, -0.15) is 0 Å². The molecule has 1 N–H and O–H groups in total. The van der Waals surface area contributed by atoms with Crippen molar-refractivity contribution >= 4 is 0 Å². The van der Waals surface area contributed by atoms with Crippen molar-refractivity contribution in [2.75, 3.05) is 6.54 Å². The van der Waals surface area contributed by atoms with E-state index in [4.69, 9.17) is 0 Å². The van der Waals surface area contributed by atoms with Gasteiger partial charge in [0.2, 0.25) is 0 Å². The molecule has 0 spiro atoms. The van der Waals surface area contributed by atoms with Crippen LogP contribution in [0.4, 0.5) is 0 Å². The van der Waals surface area contributed by atoms with E-state index in [1.54, 1.807) is 0 Å². The van der Waals surface area contributed by atoms with Crippen molar-refractivity contribution in [2.45, 2.75) is 31.8 Å². The first kappa shape index (κ1) is 11.4. The maximum absolute atomic E-state index is 4.32. The second-order valence-electron chi connectivity index (χ2n) is 4.96. The minimum absolute atomic E-state index is 0.548. The monoisotopic (exact) mass is 242 g/mol. The van der Waals surface area contributed by atoms with Gasteiger partial charge >= 0.3 is 0 Å². The quantitative estimate of drug-likeness (QED) is 0.878. The number of hydrogen-bond acceptors (Lipinski definition) is 3. The van der Waals surface area contributed by atoms with E-state index in [1.165, 1.54) is 17.7 Å². The predicted octanol–water partition coefficient (Wildman–Crippen LogP) is 2.26. The van der Waals surface area contributed by atoms with Crippen molar-refractivity contribution in [3.8, 4) is 11.3 Å². The Morgan fingerprint density at radius 3 is 2.89 bits per heavy atom. The smallest absolute Gasteiger partial charge is 0.0953 e. The lowest BCUT2D eigenvalue weighted by Crippen LogP contribution is -2.36. The van der Waals surface area contributed by atoms with E-state index in [9.17, 15) is 0 Å². The van der Waals surface area contributed by atoms with Gasteiger partial charge in [-0.15, -0.1) is 0 Å². The molecule has 0 aromatic carbocycles. The SMILES string of the molecule is CC1CC(n2cncc2-c2ccncc2)CCN1. The normalized spacial score (nSPS) is 24.1. The maximum atomic E-state index is 4.32. The highest BCUT2D eigenvalue weighted by molar-refractivity contribution is 5.58. The van der Waals surface area contributed by atoms with Crippen LogP contribution in [-0.2, 0) is 0 Å². The van der Waals surface area contributed by atoms with Gasteiger partial charge in [0.25, 0.3) is 0 Å². The Balaban J connectivity index is 1.92. The topological polar surface area (TPSA) is 42.7 Å². The molecule has 0 aliphatic carbocycles. The summed E-state index contributed by atoms with van der Waals surface area (Å²) in [5.41, 5.74) is 2.38. The zero-order valence-electron chi connectivity index (χ0n) is 10.6. The zero-order chi connectivity index (χ0) is 12.4. The highest BCUT2D eigenvalue weighted by Gasteiger charge is 2.21. The molecular formula is C14H18N4. The summed E-state index contributed by atoms with van der Waals surface area (Å²) >= 11 is 0. The summed E-state index contributed by atoms with van der Waals surface area (Å²) in [6.45, 7) is 3.33. The third kappa shape index (κ3) is 2.16. The highest BCUT2D eigenvalue weighted by Crippen LogP contribution is 2.28. The Bertz CT molecular complexity index is 506. The summed E-state index contributed by atoms with van der Waals surface area (Å²) in [6, 6.07) is 5.21. The van der Waals surface area contributed by atoms with E-state index < -0.39 is 0 Å². The third-order valence-corrected chi connectivity index (χ3v) is 3.63. The van der Waals surface area contributed by atoms with Gasteiger partial charge < -0.3 is 9.88 Å². The molecule has 1 aliphatic rings. The molecule has 1 saturated heterocycles. The van der Waals surface area contributed by atoms with Gasteiger partial charge in [0.15, 0.2) is 0 Å². The van der Waals surface area contributed by atoms with Gasteiger partial charge in [0.05, 0.1) is 18.2 Å². The van der Waals surface area contributed by atoms with E-state index in [0.29, 0.717) is 12.1 Å². The average molecular weight is 242 g/mol. The van der Waals surface area contributed by atoms with Crippen LogP contribution in [0.5, 0.6) is 0 Å². The largest absolute Gasteiger partial charge is 0.327 e. The van der Waals surface area contributed by atoms with Crippen LogP contribution in [-0.4, -0.2) is 27.1 Å². The molecule has 2 aromatic rings. The molecule has 1 aliphatic heterocycles. The molecule has 2 aromatic heterocycles. The first-order valence-electron chi connectivity index (χ1n) is 6.50. The van der Waals surface area contributed by atoms with Gasteiger partial charge in [0, 0.05) is 30.0 Å². The molecule has 4 nitrogen and oxygen atoms in total. The van der Waals surface area contributed by atoms with E-state index >= 15 is 0 Å². The van der Waals surface area contributed by atoms with Crippen LogP contribution >= 0.6 is 0 Å². The fourth-order valence-corrected chi connectivity index (χ4v) is 2.70. The minimum atomic E-state index is 0.548. The molecule has 94 valence electrons. The summed E-state index contributed by atoms with van der Waals surface area (Å²) in [6.07, 6.45) is 9.89. The molecule has 1 fully saturated rings. The molecule has 2 unspecified atom stereocenters. The van der Waals surface area contributed by atoms with E-state index in [1.807, 2.05) is 37.1 Å². The van der Waals surface area contributed by atoms with Crippen LogP contribution < -0.4 is 5.32 Å². The molecule has 0 amide bonds. The average Bonchev–Trinajstić information content (AvgIpc) is 2.89. The number of imidazole rings is 1. The van der Waals surface area contributed by atoms with Gasteiger partial charge in [-0.25, -0.2) is 4.98 Å². The lowest BCUT2D eigenvalue weighted by molar-refractivity contribution is 0.315. The number of rotatable bonds is 2. The molecule has 3 rings (SSSR count). The van der Waals surface area contributed by atoms with Gasteiger partial charge in [-0.1, -0.05) is 0 Å². The van der Waals surface area contributed by atoms with E-state index in [0.717, 1.165) is 13.0 Å². The maximum Gasteiger partial charge on any atom is 0.0953 e. The Hall–Kier alpha value is -1.68. The van der Waals surface area contributed by atoms with Crippen molar-refractivity contribution in [2.24, 2.45) is 0 Å². The molecular weight excluding hydrogens is 224 g/mol. The molecule has 2 atom stereocenters. The Morgan fingerprint density at radius 2 is 2.11 bits per heavy atom. The second kappa shape index (κ2) is 4.90. The molecule has 18 heavy (non-hydrogen) atoms. The number of nitrogens with zero attached hydrogens (tertiary/aromatic N) is 3. The van der Waals surface area contributed by atoms with Crippen molar-refractivity contribution < 1.29 is 0 Å². The van der Waals surface area contributed by atoms with Crippen LogP contribution in [0.3, 0.4) is 0 Å². The summed E-state index contributed by atoms with van der Waals surface area (Å²) in [4.78, 5) is 8.39. The molecule has 4 heteroatoms. The standard InChI is InChI=1S/C14H18N4/c1-11-8-13(4-7-17-11)18-10-16-9-14(18)12-2-5-15-6-3-12/h2-3,5-6,9-11,13,17H,4,7-8H2,1H3. The Kier molecular flexibility index (Phi) is 3.11. The molecule has 0 saturated carbocycles. The molecule has 0 radical (unpaired) electrons. The summed E-state index contributed by atoms with van der Waals surface area (Å²) in [7, 11) is 0. The van der Waals surface area contributed by atoms with Crippen LogP contribution in [0.15, 0.2) is 37.1 Å². The third-order valence-electron chi connectivity index (χ3n) is 3.63. The van der Waals surface area contributed by atoms with Crippen molar-refractivity contribution in [1.82, 2.24) is 19.9 Å². The van der Waals surface area contributed by atoms with Gasteiger partial charge in [-0.3, -0.25) is 4.98 Å². The first-order chi connectivity index (χ1) is 8.84. The van der Waals surface area contributed by atoms with Crippen molar-refractivity contribution in [3.63, 3.8) is 0 Å². The number of nitrogens with one attached hydrogen (secondary N) is 1. The summed E-state index contributed by atoms with van der Waals surface area (Å²) in [5.74, 6) is 0. The number of pyridine rings is 1. The second-order valence-corrected chi connectivity index (χ2v) is 4.96. The van der Waals surface area contributed by atoms with E-state index in [2.05, 4.69) is 26.8 Å². The first-order valence-corrected chi connectivity index (χ1v) is 6.50. The van der Waals surface area contributed by atoms with Crippen molar-refractivity contribution in [1.29, 1.82) is 0 Å².